The summed E-state index contributed by atoms with van der Waals surface area (Å²) in [5.74, 6) is -0.386. The smallest absolute Gasteiger partial charge is 0.243 e. The lowest BCUT2D eigenvalue weighted by Gasteiger charge is -2.25. The maximum atomic E-state index is 12.2. The topological polar surface area (TPSA) is 70.2 Å². The number of anilines is 1. The number of nitrogens with one attached hydrogen (secondary N) is 3. The fourth-order valence-electron chi connectivity index (χ4n) is 2.66. The van der Waals surface area contributed by atoms with Gasteiger partial charge in [-0.2, -0.15) is 0 Å². The molecule has 118 valence electrons. The number of hydrogen-bond donors (Lipinski definition) is 3. The monoisotopic (exact) mass is 309 g/mol. The molecule has 23 heavy (non-hydrogen) atoms. The minimum Gasteiger partial charge on any atom is -0.346 e. The lowest BCUT2D eigenvalue weighted by molar-refractivity contribution is -0.125. The number of rotatable bonds is 4. The summed E-state index contributed by atoms with van der Waals surface area (Å²) in [7, 11) is 0. The van der Waals surface area contributed by atoms with Gasteiger partial charge in [0, 0.05) is 12.2 Å². The molecule has 1 atom stereocenters. The Morgan fingerprint density at radius 2 is 1.70 bits per heavy atom. The maximum absolute atomic E-state index is 12.2. The van der Waals surface area contributed by atoms with Crippen molar-refractivity contribution in [3.05, 3.63) is 65.7 Å². The second-order valence-electron chi connectivity index (χ2n) is 5.54. The van der Waals surface area contributed by atoms with Crippen LogP contribution in [0.3, 0.4) is 0 Å². The van der Waals surface area contributed by atoms with Crippen LogP contribution in [0.5, 0.6) is 0 Å². The second kappa shape index (κ2) is 7.07. The van der Waals surface area contributed by atoms with Crippen molar-refractivity contribution < 1.29 is 9.59 Å². The van der Waals surface area contributed by atoms with Crippen molar-refractivity contribution >= 4 is 17.5 Å². The van der Waals surface area contributed by atoms with E-state index in [0.29, 0.717) is 13.0 Å². The summed E-state index contributed by atoms with van der Waals surface area (Å²) in [6, 6.07) is 17.0. The van der Waals surface area contributed by atoms with Crippen LogP contribution in [0.1, 0.15) is 11.1 Å². The Kier molecular flexibility index (Phi) is 4.68. The molecule has 3 rings (SSSR count). The summed E-state index contributed by atoms with van der Waals surface area (Å²) >= 11 is 0. The van der Waals surface area contributed by atoms with E-state index >= 15 is 0 Å². The van der Waals surface area contributed by atoms with Crippen molar-refractivity contribution in [3.8, 4) is 0 Å². The summed E-state index contributed by atoms with van der Waals surface area (Å²) in [6.45, 7) is 0.637. The van der Waals surface area contributed by atoms with Crippen LogP contribution in [0.4, 0.5) is 5.69 Å². The number of carbonyl (C=O) groups is 2. The Morgan fingerprint density at radius 3 is 2.48 bits per heavy atom. The zero-order valence-electron chi connectivity index (χ0n) is 12.7. The first kappa shape index (κ1) is 15.2. The zero-order valence-corrected chi connectivity index (χ0v) is 12.7. The number of para-hydroxylation sites is 1. The highest BCUT2D eigenvalue weighted by Gasteiger charge is 2.23. The third-order valence-corrected chi connectivity index (χ3v) is 3.88. The van der Waals surface area contributed by atoms with Gasteiger partial charge in [0.2, 0.25) is 11.8 Å². The Hall–Kier alpha value is -2.66. The molecule has 2 aromatic rings. The summed E-state index contributed by atoms with van der Waals surface area (Å²) < 4.78 is 0. The largest absolute Gasteiger partial charge is 0.346 e. The molecule has 0 aliphatic carbocycles. The van der Waals surface area contributed by atoms with Crippen LogP contribution in [-0.2, 0) is 22.6 Å². The molecule has 3 N–H and O–H groups in total. The minimum atomic E-state index is -0.297. The molecule has 2 amide bonds. The van der Waals surface area contributed by atoms with Gasteiger partial charge in [-0.3, -0.25) is 9.59 Å². The molecule has 0 spiro atoms. The van der Waals surface area contributed by atoms with Crippen LogP contribution in [0.25, 0.3) is 0 Å². The summed E-state index contributed by atoms with van der Waals surface area (Å²) in [6.07, 6.45) is 0.641. The first-order valence-electron chi connectivity index (χ1n) is 7.65. The molecule has 2 aromatic carbocycles. The summed E-state index contributed by atoms with van der Waals surface area (Å²) in [5.41, 5.74) is 3.12. The fourth-order valence-corrected chi connectivity index (χ4v) is 2.66. The number of carbonyl (C=O) groups excluding carboxylic acids is 2. The van der Waals surface area contributed by atoms with E-state index in [1.807, 2.05) is 36.4 Å². The Balaban J connectivity index is 1.49. The molecule has 0 unspecified atom stereocenters. The van der Waals surface area contributed by atoms with Gasteiger partial charge in [-0.05, 0) is 29.7 Å². The van der Waals surface area contributed by atoms with E-state index in [4.69, 9.17) is 0 Å². The van der Waals surface area contributed by atoms with Gasteiger partial charge >= 0.3 is 0 Å². The summed E-state index contributed by atoms with van der Waals surface area (Å²) in [4.78, 5) is 24.1. The van der Waals surface area contributed by atoms with E-state index in [1.165, 1.54) is 11.1 Å². The zero-order chi connectivity index (χ0) is 16.1. The standard InChI is InChI=1S/C18H19N3O2/c22-17(21-15-8-2-1-3-9-15)12-20-18(23)16-10-13-6-4-5-7-14(13)11-19-16/h1-9,16,19H,10-12H2,(H,20,23)(H,21,22)/t16-/m0/s1. The number of amides is 2. The van der Waals surface area contributed by atoms with Gasteiger partial charge in [-0.25, -0.2) is 0 Å². The molecule has 1 aliphatic rings. The third kappa shape index (κ3) is 3.96. The Labute approximate surface area is 135 Å². The molecule has 0 saturated carbocycles. The van der Waals surface area contributed by atoms with Crippen molar-refractivity contribution in [2.75, 3.05) is 11.9 Å². The highest BCUT2D eigenvalue weighted by molar-refractivity contribution is 5.95. The quantitative estimate of drug-likeness (QED) is 0.801. The van der Waals surface area contributed by atoms with Crippen molar-refractivity contribution in [1.29, 1.82) is 0 Å². The van der Waals surface area contributed by atoms with Crippen LogP contribution < -0.4 is 16.0 Å². The number of fused-ring (bicyclic) bond motifs is 1. The molecular formula is C18H19N3O2. The molecule has 5 nitrogen and oxygen atoms in total. The van der Waals surface area contributed by atoms with Crippen LogP contribution in [0.15, 0.2) is 54.6 Å². The van der Waals surface area contributed by atoms with E-state index in [0.717, 1.165) is 5.69 Å². The van der Waals surface area contributed by atoms with Crippen molar-refractivity contribution in [2.45, 2.75) is 19.0 Å². The van der Waals surface area contributed by atoms with Gasteiger partial charge in [0.15, 0.2) is 0 Å². The number of hydrogen-bond acceptors (Lipinski definition) is 3. The molecule has 0 fully saturated rings. The summed E-state index contributed by atoms with van der Waals surface area (Å²) in [5, 5.41) is 8.64. The van der Waals surface area contributed by atoms with Crippen molar-refractivity contribution in [1.82, 2.24) is 10.6 Å². The predicted molar refractivity (Wildman–Crippen MR) is 88.9 cm³/mol. The van der Waals surface area contributed by atoms with E-state index in [1.54, 1.807) is 12.1 Å². The molecular weight excluding hydrogens is 290 g/mol. The lowest BCUT2D eigenvalue weighted by atomic mass is 9.95. The first-order valence-corrected chi connectivity index (χ1v) is 7.65. The van der Waals surface area contributed by atoms with Crippen molar-refractivity contribution in [2.24, 2.45) is 0 Å². The highest BCUT2D eigenvalue weighted by atomic mass is 16.2. The fraction of sp³-hybridized carbons (Fsp3) is 0.222. The first-order chi connectivity index (χ1) is 11.2. The average Bonchev–Trinajstić information content (AvgIpc) is 2.60. The van der Waals surface area contributed by atoms with E-state index < -0.39 is 0 Å². The van der Waals surface area contributed by atoms with Gasteiger partial charge in [0.1, 0.15) is 0 Å². The SMILES string of the molecule is O=C(CNC(=O)[C@@H]1Cc2ccccc2CN1)Nc1ccccc1. The van der Waals surface area contributed by atoms with Gasteiger partial charge in [-0.15, -0.1) is 0 Å². The van der Waals surface area contributed by atoms with Crippen LogP contribution >= 0.6 is 0 Å². The maximum Gasteiger partial charge on any atom is 0.243 e. The second-order valence-corrected chi connectivity index (χ2v) is 5.54. The van der Waals surface area contributed by atoms with Crippen LogP contribution in [0, 0.1) is 0 Å². The molecule has 0 radical (unpaired) electrons. The predicted octanol–water partition coefficient (Wildman–Crippen LogP) is 1.46. The molecule has 1 aliphatic heterocycles. The Morgan fingerprint density at radius 1 is 1.00 bits per heavy atom. The molecule has 0 aromatic heterocycles. The van der Waals surface area contributed by atoms with Gasteiger partial charge in [0.25, 0.3) is 0 Å². The molecule has 0 bridgehead atoms. The minimum absolute atomic E-state index is 0.0342. The normalized spacial score (nSPS) is 16.3. The third-order valence-electron chi connectivity index (χ3n) is 3.88. The van der Waals surface area contributed by atoms with Crippen LogP contribution in [-0.4, -0.2) is 24.4 Å². The molecule has 1 heterocycles. The average molecular weight is 309 g/mol. The van der Waals surface area contributed by atoms with Crippen molar-refractivity contribution in [3.63, 3.8) is 0 Å². The van der Waals surface area contributed by atoms with Crippen LogP contribution in [0.2, 0.25) is 0 Å². The molecule has 0 saturated heterocycles. The van der Waals surface area contributed by atoms with Gasteiger partial charge < -0.3 is 16.0 Å². The van der Waals surface area contributed by atoms with E-state index in [9.17, 15) is 9.59 Å². The van der Waals surface area contributed by atoms with Gasteiger partial charge in [0.05, 0.1) is 12.6 Å². The molecule has 5 heteroatoms. The van der Waals surface area contributed by atoms with E-state index in [-0.39, 0.29) is 24.4 Å². The van der Waals surface area contributed by atoms with E-state index in [2.05, 4.69) is 22.0 Å². The van der Waals surface area contributed by atoms with Gasteiger partial charge in [-0.1, -0.05) is 42.5 Å². The highest BCUT2D eigenvalue weighted by Crippen LogP contribution is 2.16. The Bertz CT molecular complexity index is 700. The lowest BCUT2D eigenvalue weighted by Crippen LogP contribution is -2.49. The number of benzene rings is 2.